The Morgan fingerprint density at radius 2 is 1.77 bits per heavy atom. The summed E-state index contributed by atoms with van der Waals surface area (Å²) in [6, 6.07) is 13.8. The van der Waals surface area contributed by atoms with E-state index in [0.717, 1.165) is 40.1 Å². The van der Waals surface area contributed by atoms with Crippen LogP contribution in [0.3, 0.4) is 0 Å². The van der Waals surface area contributed by atoms with E-state index in [-0.39, 0.29) is 30.4 Å². The van der Waals surface area contributed by atoms with Crippen LogP contribution in [0.25, 0.3) is 11.1 Å². The predicted octanol–water partition coefficient (Wildman–Crippen LogP) is 4.52. The average molecular weight is 483 g/mol. The molecule has 3 aromatic carbocycles. The van der Waals surface area contributed by atoms with E-state index >= 15 is 0 Å². The molecule has 8 heteroatoms. The summed E-state index contributed by atoms with van der Waals surface area (Å²) in [7, 11) is 0. The first-order chi connectivity index (χ1) is 16.9. The van der Waals surface area contributed by atoms with Crippen LogP contribution in [0.1, 0.15) is 23.6 Å². The van der Waals surface area contributed by atoms with Crippen LogP contribution in [0.2, 0.25) is 0 Å². The van der Waals surface area contributed by atoms with Gasteiger partial charge in [0.1, 0.15) is 25.6 Å². The molecule has 35 heavy (non-hydrogen) atoms. The second-order valence-corrected chi connectivity index (χ2v) is 8.27. The maximum absolute atomic E-state index is 14.6. The highest BCUT2D eigenvalue weighted by Crippen LogP contribution is 2.36. The Labute approximate surface area is 203 Å². The second-order valence-electron chi connectivity index (χ2n) is 8.27. The number of ether oxygens (including phenoxy) is 3. The standard InChI is InChI=1S/C27H28F2N2O4/c1-17-20(4-3-5-22(17)19-6-7-25-27(13-19)34-11-10-33-25)16-35-26-14-23(28)21(12-24(26)29)15-30-8-9-31-18(2)32/h3-7,12-14,30H,8-11,15-16H2,1-2H3,(H,31,32). The molecule has 2 N–H and O–H groups in total. The summed E-state index contributed by atoms with van der Waals surface area (Å²) in [4.78, 5) is 10.9. The molecule has 3 aromatic rings. The van der Waals surface area contributed by atoms with Crippen LogP contribution in [0, 0.1) is 18.6 Å². The monoisotopic (exact) mass is 482 g/mol. The van der Waals surface area contributed by atoms with Gasteiger partial charge in [0, 0.05) is 38.2 Å². The number of hydrogen-bond acceptors (Lipinski definition) is 5. The lowest BCUT2D eigenvalue weighted by Crippen LogP contribution is -2.30. The Kier molecular flexibility index (Phi) is 7.82. The van der Waals surface area contributed by atoms with Gasteiger partial charge in [-0.2, -0.15) is 0 Å². The molecule has 0 bridgehead atoms. The van der Waals surface area contributed by atoms with Crippen LogP contribution in [0.15, 0.2) is 48.5 Å². The first-order valence-corrected chi connectivity index (χ1v) is 11.5. The summed E-state index contributed by atoms with van der Waals surface area (Å²) >= 11 is 0. The number of benzene rings is 3. The summed E-state index contributed by atoms with van der Waals surface area (Å²) in [5.41, 5.74) is 4.00. The summed E-state index contributed by atoms with van der Waals surface area (Å²) < 4.78 is 46.1. The van der Waals surface area contributed by atoms with Gasteiger partial charge >= 0.3 is 0 Å². The van der Waals surface area contributed by atoms with Gasteiger partial charge in [0.05, 0.1) is 0 Å². The molecule has 1 heterocycles. The number of rotatable bonds is 9. The predicted molar refractivity (Wildman–Crippen MR) is 129 cm³/mol. The zero-order valence-corrected chi connectivity index (χ0v) is 19.8. The molecule has 0 saturated heterocycles. The maximum Gasteiger partial charge on any atom is 0.216 e. The summed E-state index contributed by atoms with van der Waals surface area (Å²) in [5, 5.41) is 5.60. The van der Waals surface area contributed by atoms with Gasteiger partial charge < -0.3 is 24.8 Å². The molecular formula is C27H28F2N2O4. The lowest BCUT2D eigenvalue weighted by Gasteiger charge is -2.20. The van der Waals surface area contributed by atoms with Crippen LogP contribution < -0.4 is 24.8 Å². The van der Waals surface area contributed by atoms with Gasteiger partial charge in [0.2, 0.25) is 5.91 Å². The Balaban J connectivity index is 1.42. The van der Waals surface area contributed by atoms with Crippen LogP contribution >= 0.6 is 0 Å². The van der Waals surface area contributed by atoms with Gasteiger partial charge in [-0.3, -0.25) is 4.79 Å². The normalized spacial score (nSPS) is 12.3. The first-order valence-electron chi connectivity index (χ1n) is 11.5. The van der Waals surface area contributed by atoms with E-state index in [4.69, 9.17) is 14.2 Å². The van der Waals surface area contributed by atoms with E-state index in [1.807, 2.05) is 43.3 Å². The molecule has 4 rings (SSSR count). The lowest BCUT2D eigenvalue weighted by atomic mass is 9.96. The quantitative estimate of drug-likeness (QED) is 0.439. The van der Waals surface area contributed by atoms with E-state index < -0.39 is 11.6 Å². The fourth-order valence-electron chi connectivity index (χ4n) is 3.88. The maximum atomic E-state index is 14.6. The molecule has 0 spiro atoms. The van der Waals surface area contributed by atoms with Crippen molar-refractivity contribution in [2.45, 2.75) is 27.0 Å². The van der Waals surface area contributed by atoms with Crippen LogP contribution in [-0.4, -0.2) is 32.2 Å². The molecule has 0 aromatic heterocycles. The zero-order valence-electron chi connectivity index (χ0n) is 19.8. The molecule has 0 fully saturated rings. The van der Waals surface area contributed by atoms with E-state index in [0.29, 0.717) is 32.1 Å². The SMILES string of the molecule is CC(=O)NCCNCc1cc(F)c(OCc2cccc(-c3ccc4c(c3)OCCO4)c2C)cc1F. The first kappa shape index (κ1) is 24.5. The molecule has 184 valence electrons. The van der Waals surface area contributed by atoms with Crippen molar-refractivity contribution < 1.29 is 27.8 Å². The van der Waals surface area contributed by atoms with Crippen molar-refractivity contribution in [1.82, 2.24) is 10.6 Å². The smallest absolute Gasteiger partial charge is 0.216 e. The summed E-state index contributed by atoms with van der Waals surface area (Å²) in [6.45, 7) is 5.52. The summed E-state index contributed by atoms with van der Waals surface area (Å²) in [6.07, 6.45) is 0. The minimum Gasteiger partial charge on any atom is -0.486 e. The summed E-state index contributed by atoms with van der Waals surface area (Å²) in [5.74, 6) is -0.0508. The molecule has 6 nitrogen and oxygen atoms in total. The van der Waals surface area contributed by atoms with Crippen molar-refractivity contribution >= 4 is 5.91 Å². The number of nitrogens with one attached hydrogen (secondary N) is 2. The topological polar surface area (TPSA) is 68.8 Å². The van der Waals surface area contributed by atoms with Crippen LogP contribution in [-0.2, 0) is 17.9 Å². The minimum absolute atomic E-state index is 0.0922. The Hall–Kier alpha value is -3.65. The van der Waals surface area contributed by atoms with Crippen molar-refractivity contribution in [2.75, 3.05) is 26.3 Å². The van der Waals surface area contributed by atoms with Gasteiger partial charge in [-0.05, 0) is 47.4 Å². The van der Waals surface area contributed by atoms with Gasteiger partial charge in [-0.15, -0.1) is 0 Å². The van der Waals surface area contributed by atoms with E-state index in [1.54, 1.807) is 0 Å². The lowest BCUT2D eigenvalue weighted by molar-refractivity contribution is -0.118. The highest BCUT2D eigenvalue weighted by Gasteiger charge is 2.15. The molecule has 0 unspecified atom stereocenters. The van der Waals surface area contributed by atoms with Gasteiger partial charge in [-0.1, -0.05) is 24.3 Å². The largest absolute Gasteiger partial charge is 0.486 e. The second kappa shape index (κ2) is 11.2. The highest BCUT2D eigenvalue weighted by molar-refractivity contribution is 5.72. The Bertz CT molecular complexity index is 1220. The van der Waals surface area contributed by atoms with Crippen molar-refractivity contribution in [2.24, 2.45) is 0 Å². The zero-order chi connectivity index (χ0) is 24.8. The highest BCUT2D eigenvalue weighted by atomic mass is 19.1. The molecule has 1 aliphatic heterocycles. The van der Waals surface area contributed by atoms with Crippen LogP contribution in [0.5, 0.6) is 17.2 Å². The molecular weight excluding hydrogens is 454 g/mol. The van der Waals surface area contributed by atoms with E-state index in [1.165, 1.54) is 6.92 Å². The Morgan fingerprint density at radius 1 is 0.971 bits per heavy atom. The van der Waals surface area contributed by atoms with Crippen LogP contribution in [0.4, 0.5) is 8.78 Å². The number of amides is 1. The number of carbonyl (C=O) groups is 1. The number of halogens is 2. The number of hydrogen-bond donors (Lipinski definition) is 2. The van der Waals surface area contributed by atoms with Gasteiger partial charge in [0.15, 0.2) is 23.1 Å². The Morgan fingerprint density at radius 3 is 2.57 bits per heavy atom. The molecule has 1 amide bonds. The number of fused-ring (bicyclic) bond motifs is 1. The fraction of sp³-hybridized carbons (Fsp3) is 0.296. The minimum atomic E-state index is -0.634. The molecule has 0 aliphatic carbocycles. The van der Waals surface area contributed by atoms with Gasteiger partial charge in [-0.25, -0.2) is 8.78 Å². The fourth-order valence-corrected chi connectivity index (χ4v) is 3.88. The van der Waals surface area contributed by atoms with E-state index in [2.05, 4.69) is 10.6 Å². The average Bonchev–Trinajstić information content (AvgIpc) is 2.85. The third kappa shape index (κ3) is 6.08. The van der Waals surface area contributed by atoms with E-state index in [9.17, 15) is 13.6 Å². The van der Waals surface area contributed by atoms with Crippen molar-refractivity contribution in [3.8, 4) is 28.4 Å². The molecule has 1 aliphatic rings. The molecule has 0 atom stereocenters. The van der Waals surface area contributed by atoms with Crippen molar-refractivity contribution in [3.05, 3.63) is 76.9 Å². The van der Waals surface area contributed by atoms with Crippen molar-refractivity contribution in [1.29, 1.82) is 0 Å². The van der Waals surface area contributed by atoms with Gasteiger partial charge in [0.25, 0.3) is 0 Å². The third-order valence-electron chi connectivity index (χ3n) is 5.77. The third-order valence-corrected chi connectivity index (χ3v) is 5.77. The number of carbonyl (C=O) groups excluding carboxylic acids is 1. The molecule has 0 radical (unpaired) electrons. The van der Waals surface area contributed by atoms with Crippen molar-refractivity contribution in [3.63, 3.8) is 0 Å². The molecule has 0 saturated carbocycles.